The molecule has 0 aliphatic rings. The van der Waals surface area contributed by atoms with Crippen LogP contribution in [0.15, 0.2) is 61.2 Å². The van der Waals surface area contributed by atoms with Gasteiger partial charge in [0.15, 0.2) is 0 Å². The molecular weight excluding hydrogens is 280 g/mol. The van der Waals surface area contributed by atoms with Crippen molar-refractivity contribution >= 4 is 11.9 Å². The van der Waals surface area contributed by atoms with Crippen LogP contribution in [0, 0.1) is 6.92 Å². The highest BCUT2D eigenvalue weighted by atomic mass is 16.5. The number of benzene rings is 2. The first kappa shape index (κ1) is 15.5. The fraction of sp³-hybridized carbons (Fsp3) is 0.111. The number of esters is 2. The van der Waals surface area contributed by atoms with Gasteiger partial charge in [0.25, 0.3) is 0 Å². The van der Waals surface area contributed by atoms with Crippen molar-refractivity contribution < 1.29 is 19.1 Å². The fourth-order valence-electron chi connectivity index (χ4n) is 1.72. The minimum atomic E-state index is -0.483. The van der Waals surface area contributed by atoms with Crippen molar-refractivity contribution in [2.45, 2.75) is 13.5 Å². The molecular formula is C18H16O4. The summed E-state index contributed by atoms with van der Waals surface area (Å²) in [7, 11) is 0. The summed E-state index contributed by atoms with van der Waals surface area (Å²) >= 11 is 0. The first-order valence-electron chi connectivity index (χ1n) is 6.75. The molecule has 2 aromatic rings. The Morgan fingerprint density at radius 1 is 1.05 bits per heavy atom. The van der Waals surface area contributed by atoms with Gasteiger partial charge in [0.05, 0.1) is 5.56 Å². The van der Waals surface area contributed by atoms with Gasteiger partial charge in [-0.3, -0.25) is 0 Å². The summed E-state index contributed by atoms with van der Waals surface area (Å²) < 4.78 is 10.2. The SMILES string of the molecule is C=CC(=O)OCc1ccc(C(=O)Oc2ccc(C)cc2)cc1. The van der Waals surface area contributed by atoms with Crippen molar-refractivity contribution in [1.82, 2.24) is 0 Å². The second kappa shape index (κ2) is 7.22. The zero-order chi connectivity index (χ0) is 15.9. The molecule has 0 amide bonds. The number of carbonyl (C=O) groups is 2. The van der Waals surface area contributed by atoms with Gasteiger partial charge in [-0.1, -0.05) is 36.4 Å². The maximum absolute atomic E-state index is 12.0. The number of carbonyl (C=O) groups excluding carboxylic acids is 2. The molecule has 4 heteroatoms. The number of hydrogen-bond acceptors (Lipinski definition) is 4. The van der Waals surface area contributed by atoms with E-state index in [1.807, 2.05) is 19.1 Å². The second-order valence-electron chi connectivity index (χ2n) is 4.71. The minimum Gasteiger partial charge on any atom is -0.458 e. The van der Waals surface area contributed by atoms with Gasteiger partial charge in [-0.25, -0.2) is 9.59 Å². The molecule has 112 valence electrons. The lowest BCUT2D eigenvalue weighted by atomic mass is 10.1. The van der Waals surface area contributed by atoms with Crippen LogP contribution < -0.4 is 4.74 Å². The average molecular weight is 296 g/mol. The predicted octanol–water partition coefficient (Wildman–Crippen LogP) is 3.44. The van der Waals surface area contributed by atoms with E-state index in [9.17, 15) is 9.59 Å². The van der Waals surface area contributed by atoms with E-state index in [4.69, 9.17) is 9.47 Å². The molecule has 0 fully saturated rings. The van der Waals surface area contributed by atoms with Crippen LogP contribution in [0.5, 0.6) is 5.75 Å². The Balaban J connectivity index is 1.97. The Labute approximate surface area is 129 Å². The summed E-state index contributed by atoms with van der Waals surface area (Å²) in [6.45, 7) is 5.42. The second-order valence-corrected chi connectivity index (χ2v) is 4.71. The van der Waals surface area contributed by atoms with Crippen LogP contribution in [0.1, 0.15) is 21.5 Å². The van der Waals surface area contributed by atoms with Gasteiger partial charge in [-0.15, -0.1) is 0 Å². The maximum atomic E-state index is 12.0. The van der Waals surface area contributed by atoms with Crippen LogP contribution in [-0.2, 0) is 16.1 Å². The minimum absolute atomic E-state index is 0.137. The molecule has 0 bridgehead atoms. The summed E-state index contributed by atoms with van der Waals surface area (Å²) in [5.41, 5.74) is 2.31. The largest absolute Gasteiger partial charge is 0.458 e. The molecule has 2 aromatic carbocycles. The zero-order valence-corrected chi connectivity index (χ0v) is 12.2. The highest BCUT2D eigenvalue weighted by Crippen LogP contribution is 2.14. The molecule has 2 rings (SSSR count). The van der Waals surface area contributed by atoms with Gasteiger partial charge in [0, 0.05) is 6.08 Å². The average Bonchev–Trinajstić information content (AvgIpc) is 2.55. The first-order valence-corrected chi connectivity index (χ1v) is 6.75. The zero-order valence-electron chi connectivity index (χ0n) is 12.2. The summed E-state index contributed by atoms with van der Waals surface area (Å²) in [5.74, 6) is -0.416. The van der Waals surface area contributed by atoms with Crippen LogP contribution in [0.4, 0.5) is 0 Å². The molecule has 0 spiro atoms. The van der Waals surface area contributed by atoms with E-state index in [0.717, 1.165) is 17.2 Å². The third-order valence-corrected chi connectivity index (χ3v) is 2.97. The maximum Gasteiger partial charge on any atom is 0.343 e. The third-order valence-electron chi connectivity index (χ3n) is 2.97. The monoisotopic (exact) mass is 296 g/mol. The van der Waals surface area contributed by atoms with Gasteiger partial charge in [0.1, 0.15) is 12.4 Å². The molecule has 0 aromatic heterocycles. The lowest BCUT2D eigenvalue weighted by molar-refractivity contribution is -0.138. The Kier molecular flexibility index (Phi) is 5.09. The molecule has 0 unspecified atom stereocenters. The standard InChI is InChI=1S/C18H16O4/c1-3-17(19)21-12-14-6-8-15(9-7-14)18(20)22-16-10-4-13(2)5-11-16/h3-11H,1,12H2,2H3. The quantitative estimate of drug-likeness (QED) is 0.482. The van der Waals surface area contributed by atoms with Gasteiger partial charge < -0.3 is 9.47 Å². The summed E-state index contributed by atoms with van der Waals surface area (Å²) in [6.07, 6.45) is 1.10. The van der Waals surface area contributed by atoms with Crippen LogP contribution in [0.25, 0.3) is 0 Å². The molecule has 0 saturated heterocycles. The molecule has 0 heterocycles. The van der Waals surface area contributed by atoms with Crippen molar-refractivity contribution in [2.24, 2.45) is 0 Å². The van der Waals surface area contributed by atoms with Crippen molar-refractivity contribution in [1.29, 1.82) is 0 Å². The normalized spacial score (nSPS) is 9.86. The van der Waals surface area contributed by atoms with Crippen LogP contribution in [0.3, 0.4) is 0 Å². The molecule has 22 heavy (non-hydrogen) atoms. The lowest BCUT2D eigenvalue weighted by Crippen LogP contribution is -2.08. The number of hydrogen-bond donors (Lipinski definition) is 0. The van der Waals surface area contributed by atoms with Gasteiger partial charge in [-0.2, -0.15) is 0 Å². The van der Waals surface area contributed by atoms with Gasteiger partial charge in [-0.05, 0) is 36.8 Å². The van der Waals surface area contributed by atoms with E-state index in [1.165, 1.54) is 0 Å². The highest BCUT2D eigenvalue weighted by molar-refractivity contribution is 5.91. The van der Waals surface area contributed by atoms with Crippen molar-refractivity contribution in [3.63, 3.8) is 0 Å². The summed E-state index contributed by atoms with van der Waals surface area (Å²) in [4.78, 5) is 23.0. The Hall–Kier alpha value is -2.88. The molecule has 0 atom stereocenters. The summed E-state index contributed by atoms with van der Waals surface area (Å²) in [6, 6.07) is 13.9. The van der Waals surface area contributed by atoms with Gasteiger partial charge in [0.2, 0.25) is 0 Å². The smallest absolute Gasteiger partial charge is 0.343 e. The molecule has 0 saturated carbocycles. The highest BCUT2D eigenvalue weighted by Gasteiger charge is 2.08. The van der Waals surface area contributed by atoms with E-state index in [-0.39, 0.29) is 6.61 Å². The first-order chi connectivity index (χ1) is 10.6. The fourth-order valence-corrected chi connectivity index (χ4v) is 1.72. The molecule has 4 nitrogen and oxygen atoms in total. The van der Waals surface area contributed by atoms with Crippen LogP contribution >= 0.6 is 0 Å². The number of rotatable bonds is 5. The van der Waals surface area contributed by atoms with Gasteiger partial charge >= 0.3 is 11.9 Å². The molecule has 0 aliphatic carbocycles. The number of ether oxygens (including phenoxy) is 2. The number of aryl methyl sites for hydroxylation is 1. The molecule has 0 aliphatic heterocycles. The topological polar surface area (TPSA) is 52.6 Å². The van der Waals surface area contributed by atoms with E-state index < -0.39 is 11.9 Å². The van der Waals surface area contributed by atoms with E-state index in [1.54, 1.807) is 36.4 Å². The summed E-state index contributed by atoms with van der Waals surface area (Å²) in [5, 5.41) is 0. The van der Waals surface area contributed by atoms with Crippen molar-refractivity contribution in [3.05, 3.63) is 77.9 Å². The van der Waals surface area contributed by atoms with Crippen molar-refractivity contribution in [3.8, 4) is 5.75 Å². The predicted molar refractivity (Wildman–Crippen MR) is 82.6 cm³/mol. The Morgan fingerprint density at radius 3 is 2.27 bits per heavy atom. The van der Waals surface area contributed by atoms with Crippen molar-refractivity contribution in [2.75, 3.05) is 0 Å². The third kappa shape index (κ3) is 4.31. The Bertz CT molecular complexity index is 669. The molecule has 0 N–H and O–H groups in total. The van der Waals surface area contributed by atoms with Crippen LogP contribution in [0.2, 0.25) is 0 Å². The van der Waals surface area contributed by atoms with Crippen LogP contribution in [-0.4, -0.2) is 11.9 Å². The Morgan fingerprint density at radius 2 is 1.68 bits per heavy atom. The van der Waals surface area contributed by atoms with E-state index in [0.29, 0.717) is 11.3 Å². The molecule has 0 radical (unpaired) electrons. The lowest BCUT2D eigenvalue weighted by Gasteiger charge is -2.06. The van der Waals surface area contributed by atoms with E-state index >= 15 is 0 Å². The van der Waals surface area contributed by atoms with E-state index in [2.05, 4.69) is 6.58 Å².